The standard InChI is InChI=1S/C20H23F4N3O4/c1-11(31-16-3-2-13(6-14(16)21)20(22,23)24)12-7-27(8-12)19(29)26-5-4-17-15(9-26)25-18(28)10-30-17/h2-3,6,11-12,15,17H,4-5,7-10H2,1H3,(H,25,28). The molecule has 4 rings (SSSR count). The topological polar surface area (TPSA) is 71.1 Å². The molecule has 0 bridgehead atoms. The number of likely N-dealkylation sites (tertiary alicyclic amines) is 2. The van der Waals surface area contributed by atoms with Crippen LogP contribution in [0, 0.1) is 11.7 Å². The predicted molar refractivity (Wildman–Crippen MR) is 99.8 cm³/mol. The number of nitrogens with one attached hydrogen (secondary N) is 1. The number of piperidine rings is 1. The molecule has 31 heavy (non-hydrogen) atoms. The molecule has 0 spiro atoms. The Hall–Kier alpha value is -2.56. The van der Waals surface area contributed by atoms with Crippen LogP contribution in [0.5, 0.6) is 5.75 Å². The van der Waals surface area contributed by atoms with E-state index in [1.165, 1.54) is 0 Å². The predicted octanol–water partition coefficient (Wildman–Crippen LogP) is 2.25. The Morgan fingerprint density at radius 1 is 1.26 bits per heavy atom. The number of rotatable bonds is 3. The van der Waals surface area contributed by atoms with Gasteiger partial charge in [0.2, 0.25) is 5.91 Å². The first-order chi connectivity index (χ1) is 14.6. The third-order valence-corrected chi connectivity index (χ3v) is 6.01. The van der Waals surface area contributed by atoms with Crippen LogP contribution < -0.4 is 10.1 Å². The van der Waals surface area contributed by atoms with E-state index in [-0.39, 0.29) is 42.4 Å². The van der Waals surface area contributed by atoms with E-state index in [9.17, 15) is 27.2 Å². The number of amides is 3. The van der Waals surface area contributed by atoms with Crippen LogP contribution in [0.4, 0.5) is 22.4 Å². The number of carbonyl (C=O) groups is 2. The zero-order valence-electron chi connectivity index (χ0n) is 16.8. The number of morpholine rings is 1. The molecule has 3 heterocycles. The number of hydrogen-bond donors (Lipinski definition) is 1. The van der Waals surface area contributed by atoms with Crippen LogP contribution in [0.2, 0.25) is 0 Å². The second-order valence-corrected chi connectivity index (χ2v) is 8.17. The number of benzene rings is 1. The Balaban J connectivity index is 1.28. The van der Waals surface area contributed by atoms with E-state index in [1.807, 2.05) is 0 Å². The van der Waals surface area contributed by atoms with Crippen LogP contribution in [0.25, 0.3) is 0 Å². The molecule has 0 radical (unpaired) electrons. The summed E-state index contributed by atoms with van der Waals surface area (Å²) in [6, 6.07) is 1.79. The van der Waals surface area contributed by atoms with Crippen LogP contribution in [-0.4, -0.2) is 72.8 Å². The summed E-state index contributed by atoms with van der Waals surface area (Å²) in [5, 5.41) is 2.85. The van der Waals surface area contributed by atoms with Crippen molar-refractivity contribution in [3.05, 3.63) is 29.6 Å². The summed E-state index contributed by atoms with van der Waals surface area (Å²) < 4.78 is 63.0. The van der Waals surface area contributed by atoms with Crippen molar-refractivity contribution in [2.45, 2.75) is 37.8 Å². The second kappa shape index (κ2) is 8.18. The molecule has 1 aromatic rings. The van der Waals surface area contributed by atoms with Crippen LogP contribution in [-0.2, 0) is 15.7 Å². The van der Waals surface area contributed by atoms with Crippen LogP contribution in [0.1, 0.15) is 18.9 Å². The third-order valence-electron chi connectivity index (χ3n) is 6.01. The Morgan fingerprint density at radius 2 is 2.00 bits per heavy atom. The van der Waals surface area contributed by atoms with E-state index < -0.39 is 23.7 Å². The van der Waals surface area contributed by atoms with Gasteiger partial charge in [0.25, 0.3) is 0 Å². The van der Waals surface area contributed by atoms with Gasteiger partial charge in [0.15, 0.2) is 11.6 Å². The summed E-state index contributed by atoms with van der Waals surface area (Å²) in [4.78, 5) is 27.6. The number of carbonyl (C=O) groups excluding carboxylic acids is 2. The van der Waals surface area contributed by atoms with E-state index >= 15 is 0 Å². The molecule has 3 saturated heterocycles. The number of nitrogens with zero attached hydrogens (tertiary/aromatic N) is 2. The minimum Gasteiger partial charge on any atom is -0.487 e. The molecule has 3 fully saturated rings. The highest BCUT2D eigenvalue weighted by atomic mass is 19.4. The number of hydrogen-bond acceptors (Lipinski definition) is 4. The highest BCUT2D eigenvalue weighted by molar-refractivity contribution is 5.79. The van der Waals surface area contributed by atoms with E-state index in [4.69, 9.17) is 9.47 Å². The first-order valence-corrected chi connectivity index (χ1v) is 10.1. The molecule has 170 valence electrons. The van der Waals surface area contributed by atoms with Gasteiger partial charge in [-0.3, -0.25) is 4.79 Å². The Labute approximate surface area is 176 Å². The van der Waals surface area contributed by atoms with Gasteiger partial charge in [-0.15, -0.1) is 0 Å². The average molecular weight is 445 g/mol. The lowest BCUT2D eigenvalue weighted by atomic mass is 9.94. The minimum absolute atomic E-state index is 0.0420. The van der Waals surface area contributed by atoms with Gasteiger partial charge in [-0.25, -0.2) is 9.18 Å². The maximum absolute atomic E-state index is 14.0. The van der Waals surface area contributed by atoms with E-state index in [0.717, 1.165) is 12.1 Å². The lowest BCUT2D eigenvalue weighted by Crippen LogP contribution is -2.64. The fraction of sp³-hybridized carbons (Fsp3) is 0.600. The maximum Gasteiger partial charge on any atom is 0.416 e. The molecule has 3 atom stereocenters. The molecular weight excluding hydrogens is 422 g/mol. The summed E-state index contributed by atoms with van der Waals surface area (Å²) in [6.45, 7) is 3.44. The van der Waals surface area contributed by atoms with Crippen molar-refractivity contribution in [2.75, 3.05) is 32.8 Å². The summed E-state index contributed by atoms with van der Waals surface area (Å²) in [5.74, 6) is -1.59. The van der Waals surface area contributed by atoms with Gasteiger partial charge < -0.3 is 24.6 Å². The lowest BCUT2D eigenvalue weighted by Gasteiger charge is -2.47. The SMILES string of the molecule is CC(Oc1ccc(C(F)(F)F)cc1F)C1CN(C(=O)N2CCC3OCC(=O)NC3C2)C1. The van der Waals surface area contributed by atoms with Crippen molar-refractivity contribution < 1.29 is 36.6 Å². The molecular formula is C20H23F4N3O4. The van der Waals surface area contributed by atoms with Gasteiger partial charge in [-0.2, -0.15) is 13.2 Å². The monoisotopic (exact) mass is 445 g/mol. The van der Waals surface area contributed by atoms with Gasteiger partial charge in [-0.1, -0.05) is 0 Å². The highest BCUT2D eigenvalue weighted by Crippen LogP contribution is 2.33. The van der Waals surface area contributed by atoms with Crippen LogP contribution >= 0.6 is 0 Å². The van der Waals surface area contributed by atoms with E-state index in [1.54, 1.807) is 16.7 Å². The molecule has 0 aliphatic carbocycles. The molecule has 7 nitrogen and oxygen atoms in total. The second-order valence-electron chi connectivity index (χ2n) is 8.17. The zero-order valence-corrected chi connectivity index (χ0v) is 16.8. The summed E-state index contributed by atoms with van der Waals surface area (Å²) >= 11 is 0. The first kappa shape index (κ1) is 21.7. The van der Waals surface area contributed by atoms with Crippen LogP contribution in [0.15, 0.2) is 18.2 Å². The van der Waals surface area contributed by atoms with Crippen molar-refractivity contribution in [3.63, 3.8) is 0 Å². The third kappa shape index (κ3) is 4.56. The average Bonchev–Trinajstić information content (AvgIpc) is 2.66. The minimum atomic E-state index is -4.62. The molecule has 11 heteroatoms. The molecule has 0 aromatic heterocycles. The molecule has 1 N–H and O–H groups in total. The Kier molecular flexibility index (Phi) is 5.71. The maximum atomic E-state index is 14.0. The van der Waals surface area contributed by atoms with Gasteiger partial charge in [0.1, 0.15) is 12.7 Å². The van der Waals surface area contributed by atoms with Crippen molar-refractivity contribution in [3.8, 4) is 5.75 Å². The number of ether oxygens (including phenoxy) is 2. The molecule has 3 aliphatic heterocycles. The van der Waals surface area contributed by atoms with Gasteiger partial charge >= 0.3 is 12.2 Å². The fourth-order valence-electron chi connectivity index (χ4n) is 4.11. The fourth-order valence-corrected chi connectivity index (χ4v) is 4.11. The van der Waals surface area contributed by atoms with Crippen LogP contribution in [0.3, 0.4) is 0 Å². The number of fused-ring (bicyclic) bond motifs is 1. The van der Waals surface area contributed by atoms with Crippen molar-refractivity contribution in [1.82, 2.24) is 15.1 Å². The number of halogens is 4. The molecule has 3 unspecified atom stereocenters. The summed E-state index contributed by atoms with van der Waals surface area (Å²) in [7, 11) is 0. The zero-order chi connectivity index (χ0) is 22.3. The first-order valence-electron chi connectivity index (χ1n) is 10.1. The molecule has 0 saturated carbocycles. The van der Waals surface area contributed by atoms with Crippen molar-refractivity contribution in [2.24, 2.45) is 5.92 Å². The summed E-state index contributed by atoms with van der Waals surface area (Å²) in [6.07, 6.45) is -4.55. The van der Waals surface area contributed by atoms with Gasteiger partial charge in [0, 0.05) is 32.1 Å². The summed E-state index contributed by atoms with van der Waals surface area (Å²) in [5.41, 5.74) is -1.08. The van der Waals surface area contributed by atoms with Crippen molar-refractivity contribution >= 4 is 11.9 Å². The highest BCUT2D eigenvalue weighted by Gasteiger charge is 2.41. The Bertz CT molecular complexity index is 859. The van der Waals surface area contributed by atoms with E-state index in [0.29, 0.717) is 38.7 Å². The normalized spacial score (nSPS) is 25.4. The number of alkyl halides is 3. The van der Waals surface area contributed by atoms with Crippen molar-refractivity contribution in [1.29, 1.82) is 0 Å². The quantitative estimate of drug-likeness (QED) is 0.725. The van der Waals surface area contributed by atoms with E-state index in [2.05, 4.69) is 5.32 Å². The number of urea groups is 1. The molecule has 3 aliphatic rings. The van der Waals surface area contributed by atoms with Gasteiger partial charge in [0.05, 0.1) is 17.7 Å². The smallest absolute Gasteiger partial charge is 0.416 e. The molecule has 3 amide bonds. The molecule has 1 aromatic carbocycles. The Morgan fingerprint density at radius 3 is 2.68 bits per heavy atom. The van der Waals surface area contributed by atoms with Gasteiger partial charge in [-0.05, 0) is 31.5 Å². The largest absolute Gasteiger partial charge is 0.487 e. The lowest BCUT2D eigenvalue weighted by molar-refractivity contribution is -0.140.